The van der Waals surface area contributed by atoms with Crippen molar-refractivity contribution >= 4 is 17.1 Å². The van der Waals surface area contributed by atoms with E-state index in [-0.39, 0.29) is 17.3 Å². The number of hydrogen-bond donors (Lipinski definition) is 1. The third-order valence-corrected chi connectivity index (χ3v) is 7.12. The van der Waals surface area contributed by atoms with Crippen LogP contribution < -0.4 is 21.9 Å². The number of anilines is 1. The molecular formula is C24H38N6O2. The minimum Gasteiger partial charge on any atom is -0.341 e. The van der Waals surface area contributed by atoms with Crippen LogP contribution in [0.15, 0.2) is 21.2 Å². The van der Waals surface area contributed by atoms with Crippen molar-refractivity contribution in [2.75, 3.05) is 18.0 Å². The number of piperidine rings is 1. The lowest BCUT2D eigenvalue weighted by Gasteiger charge is -2.31. The van der Waals surface area contributed by atoms with Gasteiger partial charge in [0.05, 0.1) is 0 Å². The maximum absolute atomic E-state index is 13.6. The fourth-order valence-corrected chi connectivity index (χ4v) is 5.22. The molecule has 1 aliphatic carbocycles. The van der Waals surface area contributed by atoms with Gasteiger partial charge in [-0.1, -0.05) is 43.8 Å². The summed E-state index contributed by atoms with van der Waals surface area (Å²) in [6.07, 6.45) is 11.2. The molecule has 2 fully saturated rings. The summed E-state index contributed by atoms with van der Waals surface area (Å²) < 4.78 is 4.96. The van der Waals surface area contributed by atoms with E-state index in [1.807, 2.05) is 18.4 Å². The van der Waals surface area contributed by atoms with E-state index in [1.165, 1.54) is 42.2 Å². The van der Waals surface area contributed by atoms with E-state index in [4.69, 9.17) is 10.7 Å². The van der Waals surface area contributed by atoms with Crippen LogP contribution in [0, 0.1) is 5.92 Å². The fourth-order valence-electron chi connectivity index (χ4n) is 5.22. The van der Waals surface area contributed by atoms with Crippen LogP contribution in [0.4, 0.5) is 5.95 Å². The average Bonchev–Trinajstić information content (AvgIpc) is 3.17. The summed E-state index contributed by atoms with van der Waals surface area (Å²) in [4.78, 5) is 33.7. The molecule has 8 heteroatoms. The Morgan fingerprint density at radius 2 is 1.84 bits per heavy atom. The Labute approximate surface area is 189 Å². The van der Waals surface area contributed by atoms with Crippen molar-refractivity contribution in [1.82, 2.24) is 18.7 Å². The lowest BCUT2D eigenvalue weighted by Crippen LogP contribution is -2.44. The summed E-state index contributed by atoms with van der Waals surface area (Å²) in [7, 11) is 1.73. The Kier molecular flexibility index (Phi) is 6.88. The molecule has 0 spiro atoms. The van der Waals surface area contributed by atoms with Crippen molar-refractivity contribution in [2.45, 2.75) is 84.3 Å². The first-order valence-corrected chi connectivity index (χ1v) is 12.2. The first kappa shape index (κ1) is 22.8. The number of allylic oxidation sites excluding steroid dienone is 2. The van der Waals surface area contributed by atoms with Crippen molar-refractivity contribution < 1.29 is 0 Å². The van der Waals surface area contributed by atoms with Gasteiger partial charge < -0.3 is 15.2 Å². The number of imidazole rings is 1. The van der Waals surface area contributed by atoms with Gasteiger partial charge in [0, 0.05) is 39.3 Å². The number of hydrogen-bond acceptors (Lipinski definition) is 5. The largest absolute Gasteiger partial charge is 0.341 e. The third-order valence-electron chi connectivity index (χ3n) is 7.12. The fraction of sp³-hybridized carbons (Fsp3) is 0.708. The van der Waals surface area contributed by atoms with Crippen LogP contribution in [-0.4, -0.2) is 37.8 Å². The van der Waals surface area contributed by atoms with Gasteiger partial charge in [-0.05, 0) is 39.0 Å². The summed E-state index contributed by atoms with van der Waals surface area (Å²) >= 11 is 0. The van der Waals surface area contributed by atoms with E-state index in [9.17, 15) is 9.59 Å². The molecule has 0 amide bonds. The Balaban J connectivity index is 1.79. The predicted molar refractivity (Wildman–Crippen MR) is 129 cm³/mol. The topological polar surface area (TPSA) is 91.1 Å². The summed E-state index contributed by atoms with van der Waals surface area (Å²) in [5, 5.41) is 0. The molecule has 2 aromatic heterocycles. The molecule has 1 saturated carbocycles. The van der Waals surface area contributed by atoms with E-state index < -0.39 is 0 Å². The summed E-state index contributed by atoms with van der Waals surface area (Å²) in [6.45, 7) is 6.69. The molecule has 8 nitrogen and oxygen atoms in total. The molecule has 2 aliphatic rings. The molecule has 1 saturated heterocycles. The van der Waals surface area contributed by atoms with Crippen LogP contribution in [0.1, 0.15) is 65.2 Å². The standard InChI is InChI=1S/C24H38N6O2/c1-17(2)11-14-29-20-21(26-23(29)28-13-7-10-19(25)16-28)27(3)24(32)30(22(20)31)15-12-18-8-5-4-6-9-18/h11,18-19H,4-10,12-16,25H2,1-3H3. The van der Waals surface area contributed by atoms with Gasteiger partial charge in [-0.3, -0.25) is 13.9 Å². The molecular weight excluding hydrogens is 404 g/mol. The number of aryl methyl sites for hydroxylation is 1. The van der Waals surface area contributed by atoms with Gasteiger partial charge >= 0.3 is 5.69 Å². The second kappa shape index (κ2) is 9.65. The molecule has 1 aliphatic heterocycles. The molecule has 32 heavy (non-hydrogen) atoms. The molecule has 4 rings (SSSR count). The number of fused-ring (bicyclic) bond motifs is 1. The molecule has 2 N–H and O–H groups in total. The monoisotopic (exact) mass is 442 g/mol. The Morgan fingerprint density at radius 1 is 1.09 bits per heavy atom. The van der Waals surface area contributed by atoms with Crippen LogP contribution in [0.25, 0.3) is 11.2 Å². The second-order valence-electron chi connectivity index (χ2n) is 9.92. The number of nitrogens with zero attached hydrogens (tertiary/aromatic N) is 5. The number of nitrogens with two attached hydrogens (primary N) is 1. The molecule has 0 bridgehead atoms. The Bertz CT molecular complexity index is 1100. The van der Waals surface area contributed by atoms with Crippen LogP contribution >= 0.6 is 0 Å². The highest BCUT2D eigenvalue weighted by atomic mass is 16.2. The minimum atomic E-state index is -0.271. The molecule has 0 radical (unpaired) electrons. The lowest BCUT2D eigenvalue weighted by atomic mass is 9.87. The van der Waals surface area contributed by atoms with Gasteiger partial charge in [-0.2, -0.15) is 4.98 Å². The zero-order valence-electron chi connectivity index (χ0n) is 19.8. The Morgan fingerprint density at radius 3 is 2.53 bits per heavy atom. The normalized spacial score (nSPS) is 20.1. The van der Waals surface area contributed by atoms with E-state index in [1.54, 1.807) is 11.6 Å². The van der Waals surface area contributed by atoms with Crippen molar-refractivity contribution in [3.63, 3.8) is 0 Å². The third kappa shape index (κ3) is 4.56. The molecule has 2 aromatic rings. The van der Waals surface area contributed by atoms with Gasteiger partial charge in [0.25, 0.3) is 5.56 Å². The highest BCUT2D eigenvalue weighted by Gasteiger charge is 2.26. The van der Waals surface area contributed by atoms with Gasteiger partial charge in [-0.25, -0.2) is 4.79 Å². The first-order valence-electron chi connectivity index (χ1n) is 12.2. The van der Waals surface area contributed by atoms with E-state index in [0.717, 1.165) is 31.8 Å². The molecule has 1 unspecified atom stereocenters. The van der Waals surface area contributed by atoms with Crippen molar-refractivity contribution in [3.8, 4) is 0 Å². The molecule has 3 heterocycles. The van der Waals surface area contributed by atoms with Crippen molar-refractivity contribution in [1.29, 1.82) is 0 Å². The number of rotatable bonds is 6. The quantitative estimate of drug-likeness (QED) is 0.695. The van der Waals surface area contributed by atoms with Gasteiger partial charge in [0.15, 0.2) is 11.2 Å². The highest BCUT2D eigenvalue weighted by molar-refractivity contribution is 5.74. The van der Waals surface area contributed by atoms with E-state index >= 15 is 0 Å². The zero-order chi connectivity index (χ0) is 22.8. The minimum absolute atomic E-state index is 0.0939. The molecule has 1 atom stereocenters. The summed E-state index contributed by atoms with van der Waals surface area (Å²) in [5.41, 5.74) is 7.90. The summed E-state index contributed by atoms with van der Waals surface area (Å²) in [5.74, 6) is 1.35. The predicted octanol–water partition coefficient (Wildman–Crippen LogP) is 2.76. The van der Waals surface area contributed by atoms with Crippen molar-refractivity contribution in [2.24, 2.45) is 18.7 Å². The second-order valence-corrected chi connectivity index (χ2v) is 9.92. The lowest BCUT2D eigenvalue weighted by molar-refractivity contribution is 0.320. The van der Waals surface area contributed by atoms with Gasteiger partial charge in [-0.15, -0.1) is 0 Å². The smallest absolute Gasteiger partial charge is 0.332 e. The van der Waals surface area contributed by atoms with Crippen LogP contribution in [-0.2, 0) is 20.1 Å². The Hall–Kier alpha value is -2.35. The first-order chi connectivity index (χ1) is 15.4. The van der Waals surface area contributed by atoms with Crippen LogP contribution in [0.2, 0.25) is 0 Å². The van der Waals surface area contributed by atoms with Crippen LogP contribution in [0.5, 0.6) is 0 Å². The average molecular weight is 443 g/mol. The zero-order valence-corrected chi connectivity index (χ0v) is 19.8. The van der Waals surface area contributed by atoms with Crippen molar-refractivity contribution in [3.05, 3.63) is 32.5 Å². The van der Waals surface area contributed by atoms with E-state index in [0.29, 0.717) is 36.7 Å². The maximum Gasteiger partial charge on any atom is 0.332 e. The number of aromatic nitrogens is 4. The summed E-state index contributed by atoms with van der Waals surface area (Å²) in [6, 6.07) is 0.0939. The van der Waals surface area contributed by atoms with Gasteiger partial charge in [0.2, 0.25) is 5.95 Å². The highest BCUT2D eigenvalue weighted by Crippen LogP contribution is 2.27. The molecule has 0 aromatic carbocycles. The SMILES string of the molecule is CC(C)=CCn1c(N2CCCC(N)C2)nc2c1c(=O)n(CCC1CCCCC1)c(=O)n2C. The van der Waals surface area contributed by atoms with E-state index in [2.05, 4.69) is 11.0 Å². The van der Waals surface area contributed by atoms with Gasteiger partial charge in [0.1, 0.15) is 0 Å². The maximum atomic E-state index is 13.6. The molecule has 176 valence electrons. The van der Waals surface area contributed by atoms with Crippen LogP contribution in [0.3, 0.4) is 0 Å².